The second-order valence-electron chi connectivity index (χ2n) is 3.31. The van der Waals surface area contributed by atoms with Gasteiger partial charge in [0.05, 0.1) is 11.7 Å². The van der Waals surface area contributed by atoms with Gasteiger partial charge in [-0.1, -0.05) is 12.2 Å². The zero-order valence-electron chi connectivity index (χ0n) is 6.08. The smallest absolute Gasteiger partial charge is 0.0894 e. The van der Waals surface area contributed by atoms with Gasteiger partial charge < -0.3 is 9.84 Å². The summed E-state index contributed by atoms with van der Waals surface area (Å²) in [7, 11) is 0. The van der Waals surface area contributed by atoms with Crippen LogP contribution in [0.15, 0.2) is 12.2 Å². The molecule has 0 aromatic carbocycles. The highest BCUT2D eigenvalue weighted by Crippen LogP contribution is 2.42. The molecule has 2 bridgehead atoms. The van der Waals surface area contributed by atoms with Crippen LogP contribution in [0.25, 0.3) is 0 Å². The molecule has 2 rings (SSSR count). The predicted molar refractivity (Wildman–Crippen MR) is 37.6 cm³/mol. The summed E-state index contributed by atoms with van der Waals surface area (Å²) in [4.78, 5) is 0. The lowest BCUT2D eigenvalue weighted by atomic mass is 9.85. The molecular formula is C8H12O2. The number of aliphatic hydroxyl groups excluding tert-OH is 1. The van der Waals surface area contributed by atoms with E-state index in [4.69, 9.17) is 9.84 Å². The summed E-state index contributed by atoms with van der Waals surface area (Å²) < 4.78 is 5.59. The number of fused-ring (bicyclic) bond motifs is 2. The van der Waals surface area contributed by atoms with Crippen LogP contribution < -0.4 is 0 Å². The lowest BCUT2D eigenvalue weighted by Gasteiger charge is -2.23. The summed E-state index contributed by atoms with van der Waals surface area (Å²) in [5.74, 6) is 0.322. The molecule has 0 saturated carbocycles. The fourth-order valence-electron chi connectivity index (χ4n) is 1.83. The molecule has 2 heterocycles. The molecule has 2 aliphatic rings. The fourth-order valence-corrected chi connectivity index (χ4v) is 1.83. The average molecular weight is 140 g/mol. The zero-order chi connectivity index (χ0) is 7.19. The molecule has 2 aliphatic heterocycles. The van der Waals surface area contributed by atoms with Crippen LogP contribution in [0.4, 0.5) is 0 Å². The zero-order valence-corrected chi connectivity index (χ0v) is 6.08. The third-order valence-electron chi connectivity index (χ3n) is 2.59. The standard InChI is InChI=1S/C8H12O2/c1-8-3-2-7(10-8)4-6(8)5-9/h2-3,6-7,9H,4-5H2,1H3/t6-,7+,8-/m0/s1. The maximum absolute atomic E-state index is 8.94. The van der Waals surface area contributed by atoms with Crippen LogP contribution >= 0.6 is 0 Å². The third kappa shape index (κ3) is 0.662. The van der Waals surface area contributed by atoms with E-state index in [1.54, 1.807) is 0 Å². The Morgan fingerprint density at radius 3 is 2.90 bits per heavy atom. The minimum Gasteiger partial charge on any atom is -0.396 e. The first kappa shape index (κ1) is 6.38. The Balaban J connectivity index is 2.23. The largest absolute Gasteiger partial charge is 0.396 e. The molecule has 1 N–H and O–H groups in total. The average Bonchev–Trinajstić information content (AvgIpc) is 2.41. The molecule has 56 valence electrons. The molecule has 0 radical (unpaired) electrons. The van der Waals surface area contributed by atoms with Crippen molar-refractivity contribution in [3.05, 3.63) is 12.2 Å². The van der Waals surface area contributed by atoms with Gasteiger partial charge in [-0.05, 0) is 13.3 Å². The summed E-state index contributed by atoms with van der Waals surface area (Å²) in [6.07, 6.45) is 5.43. The molecular weight excluding hydrogens is 128 g/mol. The van der Waals surface area contributed by atoms with Gasteiger partial charge in [-0.15, -0.1) is 0 Å². The van der Waals surface area contributed by atoms with E-state index in [9.17, 15) is 0 Å². The summed E-state index contributed by atoms with van der Waals surface area (Å²) >= 11 is 0. The van der Waals surface area contributed by atoms with E-state index < -0.39 is 0 Å². The van der Waals surface area contributed by atoms with Crippen molar-refractivity contribution in [2.24, 2.45) is 5.92 Å². The second-order valence-corrected chi connectivity index (χ2v) is 3.31. The Bertz CT molecular complexity index is 176. The van der Waals surface area contributed by atoms with Gasteiger partial charge in [-0.25, -0.2) is 0 Å². The van der Waals surface area contributed by atoms with E-state index in [-0.39, 0.29) is 18.3 Å². The number of rotatable bonds is 1. The quantitative estimate of drug-likeness (QED) is 0.543. The first-order chi connectivity index (χ1) is 4.74. The van der Waals surface area contributed by atoms with E-state index >= 15 is 0 Å². The van der Waals surface area contributed by atoms with Gasteiger partial charge in [0.1, 0.15) is 0 Å². The van der Waals surface area contributed by atoms with Crippen molar-refractivity contribution in [1.82, 2.24) is 0 Å². The van der Waals surface area contributed by atoms with Crippen molar-refractivity contribution < 1.29 is 9.84 Å². The van der Waals surface area contributed by atoms with Gasteiger partial charge in [-0.2, -0.15) is 0 Å². The Morgan fingerprint density at radius 1 is 1.80 bits per heavy atom. The van der Waals surface area contributed by atoms with Crippen molar-refractivity contribution in [2.75, 3.05) is 6.61 Å². The molecule has 0 aromatic heterocycles. The summed E-state index contributed by atoms with van der Waals surface area (Å²) in [6.45, 7) is 2.29. The van der Waals surface area contributed by atoms with Gasteiger partial charge in [-0.3, -0.25) is 0 Å². The highest BCUT2D eigenvalue weighted by Gasteiger charge is 2.45. The second kappa shape index (κ2) is 1.83. The minimum atomic E-state index is -0.153. The van der Waals surface area contributed by atoms with E-state index in [1.807, 2.05) is 6.92 Å². The maximum atomic E-state index is 8.94. The molecule has 10 heavy (non-hydrogen) atoms. The van der Waals surface area contributed by atoms with Crippen molar-refractivity contribution in [3.8, 4) is 0 Å². The van der Waals surface area contributed by atoms with Crippen molar-refractivity contribution >= 4 is 0 Å². The molecule has 0 amide bonds. The predicted octanol–water partition coefficient (Wildman–Crippen LogP) is 0.712. The Morgan fingerprint density at radius 2 is 2.60 bits per heavy atom. The molecule has 0 aliphatic carbocycles. The van der Waals surface area contributed by atoms with E-state index in [2.05, 4.69) is 12.2 Å². The van der Waals surface area contributed by atoms with Gasteiger partial charge in [0.25, 0.3) is 0 Å². The van der Waals surface area contributed by atoms with Gasteiger partial charge in [0.15, 0.2) is 0 Å². The van der Waals surface area contributed by atoms with Gasteiger partial charge in [0.2, 0.25) is 0 Å². The first-order valence-electron chi connectivity index (χ1n) is 3.72. The van der Waals surface area contributed by atoms with Crippen LogP contribution in [-0.2, 0) is 4.74 Å². The maximum Gasteiger partial charge on any atom is 0.0894 e. The van der Waals surface area contributed by atoms with E-state index in [0.717, 1.165) is 6.42 Å². The molecule has 3 atom stereocenters. The Kier molecular flexibility index (Phi) is 1.17. The SMILES string of the molecule is C[C@]12C=C[C@H](C[C@H]1CO)O2. The summed E-state index contributed by atoms with van der Waals surface area (Å²) in [5.41, 5.74) is -0.153. The van der Waals surface area contributed by atoms with Crippen LogP contribution in [0.1, 0.15) is 13.3 Å². The Labute approximate surface area is 60.5 Å². The van der Waals surface area contributed by atoms with Crippen LogP contribution in [0.5, 0.6) is 0 Å². The van der Waals surface area contributed by atoms with Crippen molar-refractivity contribution in [2.45, 2.75) is 25.0 Å². The fraction of sp³-hybridized carbons (Fsp3) is 0.750. The summed E-state index contributed by atoms with van der Waals surface area (Å²) in [5, 5.41) is 8.94. The Hall–Kier alpha value is -0.340. The number of hydrogen-bond acceptors (Lipinski definition) is 2. The lowest BCUT2D eigenvalue weighted by molar-refractivity contribution is 0.0151. The van der Waals surface area contributed by atoms with Crippen molar-refractivity contribution in [3.63, 3.8) is 0 Å². The normalized spacial score (nSPS) is 50.6. The highest BCUT2D eigenvalue weighted by atomic mass is 16.5. The van der Waals surface area contributed by atoms with Gasteiger partial charge >= 0.3 is 0 Å². The topological polar surface area (TPSA) is 29.5 Å². The van der Waals surface area contributed by atoms with Crippen molar-refractivity contribution in [1.29, 1.82) is 0 Å². The summed E-state index contributed by atoms with van der Waals surface area (Å²) in [6, 6.07) is 0. The molecule has 0 unspecified atom stereocenters. The number of hydrogen-bond donors (Lipinski definition) is 1. The molecule has 2 heteroatoms. The van der Waals surface area contributed by atoms with Crippen LogP contribution in [0.3, 0.4) is 0 Å². The van der Waals surface area contributed by atoms with Crippen LogP contribution in [-0.4, -0.2) is 23.4 Å². The van der Waals surface area contributed by atoms with Crippen LogP contribution in [0.2, 0.25) is 0 Å². The van der Waals surface area contributed by atoms with Gasteiger partial charge in [0, 0.05) is 12.5 Å². The van der Waals surface area contributed by atoms with Crippen LogP contribution in [0, 0.1) is 5.92 Å². The molecule has 0 spiro atoms. The lowest BCUT2D eigenvalue weighted by Crippen LogP contribution is -2.30. The molecule has 2 nitrogen and oxygen atoms in total. The number of aliphatic hydroxyl groups is 1. The molecule has 1 fully saturated rings. The minimum absolute atomic E-state index is 0.153. The molecule has 1 saturated heterocycles. The monoisotopic (exact) mass is 140 g/mol. The molecule has 0 aromatic rings. The highest BCUT2D eigenvalue weighted by molar-refractivity contribution is 5.18. The third-order valence-corrected chi connectivity index (χ3v) is 2.59. The van der Waals surface area contributed by atoms with E-state index in [1.165, 1.54) is 0 Å². The number of ether oxygens (including phenoxy) is 1. The first-order valence-corrected chi connectivity index (χ1v) is 3.72. The van der Waals surface area contributed by atoms with E-state index in [0.29, 0.717) is 5.92 Å².